The van der Waals surface area contributed by atoms with E-state index in [2.05, 4.69) is 41.1 Å². The molecule has 1 aliphatic rings. The number of amides is 1. The summed E-state index contributed by atoms with van der Waals surface area (Å²) in [5, 5.41) is 6.92. The lowest BCUT2D eigenvalue weighted by Gasteiger charge is -2.39. The summed E-state index contributed by atoms with van der Waals surface area (Å²) in [6.45, 7) is 12.9. The van der Waals surface area contributed by atoms with Crippen molar-refractivity contribution in [2.45, 2.75) is 53.0 Å². The molecule has 1 amide bonds. The molecule has 2 atom stereocenters. The van der Waals surface area contributed by atoms with Gasteiger partial charge in [0.1, 0.15) is 0 Å². The van der Waals surface area contributed by atoms with Crippen molar-refractivity contribution in [3.05, 3.63) is 11.7 Å². The molecule has 0 aliphatic carbocycles. The fraction of sp³-hybridized carbons (Fsp3) is 0.800. The lowest BCUT2D eigenvalue weighted by Crippen LogP contribution is -2.50. The van der Waals surface area contributed by atoms with Crippen LogP contribution in [0.2, 0.25) is 0 Å². The van der Waals surface area contributed by atoms with E-state index in [0.29, 0.717) is 11.7 Å². The Balaban J connectivity index is 2.13. The molecule has 1 aromatic heterocycles. The van der Waals surface area contributed by atoms with E-state index in [4.69, 9.17) is 4.52 Å². The molecule has 0 saturated carbocycles. The van der Waals surface area contributed by atoms with Crippen LogP contribution in [0, 0.1) is 12.3 Å². The van der Waals surface area contributed by atoms with E-state index in [-0.39, 0.29) is 23.3 Å². The minimum Gasteiger partial charge on any atom is -0.353 e. The Morgan fingerprint density at radius 2 is 2.19 bits per heavy atom. The third kappa shape index (κ3) is 4.52. The van der Waals surface area contributed by atoms with Crippen LogP contribution in [-0.2, 0) is 4.79 Å². The molecule has 0 aromatic carbocycles. The van der Waals surface area contributed by atoms with E-state index in [0.717, 1.165) is 26.1 Å². The van der Waals surface area contributed by atoms with Crippen LogP contribution in [0.15, 0.2) is 4.52 Å². The number of carbonyl (C=O) groups excluding carboxylic acids is 1. The summed E-state index contributed by atoms with van der Waals surface area (Å²) in [6.07, 6.45) is 0.905. The first kappa shape index (κ1) is 15.9. The maximum Gasteiger partial charge on any atom is 0.233 e. The Kier molecular flexibility index (Phi) is 4.66. The highest BCUT2D eigenvalue weighted by atomic mass is 16.5. The van der Waals surface area contributed by atoms with Gasteiger partial charge in [-0.2, -0.15) is 4.98 Å². The van der Waals surface area contributed by atoms with Crippen LogP contribution in [0.25, 0.3) is 0 Å². The van der Waals surface area contributed by atoms with E-state index in [1.54, 1.807) is 6.92 Å². The summed E-state index contributed by atoms with van der Waals surface area (Å²) in [5.41, 5.74) is 0.246. The summed E-state index contributed by atoms with van der Waals surface area (Å²) in [6, 6.07) is 0.0681. The van der Waals surface area contributed by atoms with Crippen LogP contribution in [0.5, 0.6) is 0 Å². The molecule has 0 bridgehead atoms. The molecule has 118 valence electrons. The Bertz CT molecular complexity index is 492. The maximum absolute atomic E-state index is 11.4. The Morgan fingerprint density at radius 1 is 1.48 bits per heavy atom. The SMILES string of the molecule is CC(=O)NC1CCN(CC(C)(C)C)CC1c1nc(C)no1. The number of hydrogen-bond acceptors (Lipinski definition) is 5. The Morgan fingerprint density at radius 3 is 2.71 bits per heavy atom. The van der Waals surface area contributed by atoms with Crippen LogP contribution in [0.4, 0.5) is 0 Å². The lowest BCUT2D eigenvalue weighted by molar-refractivity contribution is -0.120. The largest absolute Gasteiger partial charge is 0.353 e. The average molecular weight is 294 g/mol. The van der Waals surface area contributed by atoms with E-state index >= 15 is 0 Å². The fourth-order valence-corrected chi connectivity index (χ4v) is 2.98. The van der Waals surface area contributed by atoms with E-state index in [9.17, 15) is 4.79 Å². The molecule has 0 spiro atoms. The number of carbonyl (C=O) groups is 1. The minimum atomic E-state index is -0.00879. The van der Waals surface area contributed by atoms with E-state index in [1.807, 2.05) is 6.92 Å². The molecular weight excluding hydrogens is 268 g/mol. The smallest absolute Gasteiger partial charge is 0.233 e. The summed E-state index contributed by atoms with van der Waals surface area (Å²) in [7, 11) is 0. The highest BCUT2D eigenvalue weighted by molar-refractivity contribution is 5.73. The molecule has 1 aliphatic heterocycles. The average Bonchev–Trinajstić information content (AvgIpc) is 2.75. The second-order valence-electron chi connectivity index (χ2n) is 7.18. The quantitative estimate of drug-likeness (QED) is 0.919. The lowest BCUT2D eigenvalue weighted by atomic mass is 9.89. The second kappa shape index (κ2) is 6.13. The van der Waals surface area contributed by atoms with Crippen LogP contribution >= 0.6 is 0 Å². The third-order valence-electron chi connectivity index (χ3n) is 3.64. The van der Waals surface area contributed by atoms with Gasteiger partial charge in [0.15, 0.2) is 5.82 Å². The van der Waals surface area contributed by atoms with Crippen LogP contribution in [-0.4, -0.2) is 46.6 Å². The number of nitrogens with one attached hydrogen (secondary N) is 1. The van der Waals surface area contributed by atoms with Crippen molar-refractivity contribution in [3.63, 3.8) is 0 Å². The van der Waals surface area contributed by atoms with Gasteiger partial charge in [-0.25, -0.2) is 0 Å². The van der Waals surface area contributed by atoms with Crippen molar-refractivity contribution in [1.82, 2.24) is 20.4 Å². The van der Waals surface area contributed by atoms with Gasteiger partial charge >= 0.3 is 0 Å². The minimum absolute atomic E-state index is 0.00879. The van der Waals surface area contributed by atoms with Crippen molar-refractivity contribution in [3.8, 4) is 0 Å². The van der Waals surface area contributed by atoms with Crippen molar-refractivity contribution in [2.75, 3.05) is 19.6 Å². The zero-order chi connectivity index (χ0) is 15.6. The Hall–Kier alpha value is -1.43. The van der Waals surface area contributed by atoms with Gasteiger partial charge < -0.3 is 14.7 Å². The van der Waals surface area contributed by atoms with Gasteiger partial charge in [-0.15, -0.1) is 0 Å². The zero-order valence-corrected chi connectivity index (χ0v) is 13.6. The monoisotopic (exact) mass is 294 g/mol. The van der Waals surface area contributed by atoms with Gasteiger partial charge in [0, 0.05) is 32.6 Å². The highest BCUT2D eigenvalue weighted by Crippen LogP contribution is 2.28. The molecule has 1 aromatic rings. The van der Waals surface area contributed by atoms with Crippen molar-refractivity contribution < 1.29 is 9.32 Å². The number of piperidine rings is 1. The molecule has 2 heterocycles. The topological polar surface area (TPSA) is 71.3 Å². The molecule has 6 nitrogen and oxygen atoms in total. The molecule has 1 fully saturated rings. The maximum atomic E-state index is 11.4. The number of rotatable bonds is 3. The van der Waals surface area contributed by atoms with Crippen molar-refractivity contribution in [1.29, 1.82) is 0 Å². The van der Waals surface area contributed by atoms with Crippen molar-refractivity contribution in [2.24, 2.45) is 5.41 Å². The molecule has 21 heavy (non-hydrogen) atoms. The first-order chi connectivity index (χ1) is 9.74. The summed E-state index contributed by atoms with van der Waals surface area (Å²) >= 11 is 0. The zero-order valence-electron chi connectivity index (χ0n) is 13.6. The van der Waals surface area contributed by atoms with Gasteiger partial charge in [-0.3, -0.25) is 4.79 Å². The van der Waals surface area contributed by atoms with E-state index in [1.165, 1.54) is 0 Å². The Labute approximate surface area is 126 Å². The van der Waals surface area contributed by atoms with Gasteiger partial charge in [0.25, 0.3) is 0 Å². The number of aryl methyl sites for hydroxylation is 1. The standard InChI is InChI=1S/C15H26N4O2/c1-10-16-14(21-18-10)12-8-19(9-15(3,4)5)7-6-13(12)17-11(2)20/h12-13H,6-9H2,1-5H3,(H,17,20). The molecule has 2 rings (SSSR count). The molecule has 1 N–H and O–H groups in total. The summed E-state index contributed by atoms with van der Waals surface area (Å²) in [4.78, 5) is 18.2. The molecule has 1 saturated heterocycles. The summed E-state index contributed by atoms with van der Waals surface area (Å²) < 4.78 is 5.35. The molecule has 2 unspecified atom stereocenters. The predicted octanol–water partition coefficient (Wildman–Crippen LogP) is 1.72. The van der Waals surface area contributed by atoms with Gasteiger partial charge in [-0.1, -0.05) is 25.9 Å². The van der Waals surface area contributed by atoms with Crippen molar-refractivity contribution >= 4 is 5.91 Å². The first-order valence-electron chi connectivity index (χ1n) is 7.54. The predicted molar refractivity (Wildman–Crippen MR) is 79.9 cm³/mol. The number of nitrogens with zero attached hydrogens (tertiary/aromatic N) is 3. The highest BCUT2D eigenvalue weighted by Gasteiger charge is 2.35. The van der Waals surface area contributed by atoms with Gasteiger partial charge in [-0.05, 0) is 18.8 Å². The van der Waals surface area contributed by atoms with Crippen LogP contribution in [0.1, 0.15) is 51.7 Å². The third-order valence-corrected chi connectivity index (χ3v) is 3.64. The summed E-state index contributed by atoms with van der Waals surface area (Å²) in [5.74, 6) is 1.32. The fourth-order valence-electron chi connectivity index (χ4n) is 2.98. The van der Waals surface area contributed by atoms with Gasteiger partial charge in [0.05, 0.1) is 5.92 Å². The molecular formula is C15H26N4O2. The first-order valence-corrected chi connectivity index (χ1v) is 7.54. The van der Waals surface area contributed by atoms with Crippen LogP contribution < -0.4 is 5.32 Å². The number of likely N-dealkylation sites (tertiary alicyclic amines) is 1. The normalized spacial score (nSPS) is 24.0. The van der Waals surface area contributed by atoms with Crippen LogP contribution in [0.3, 0.4) is 0 Å². The molecule has 0 radical (unpaired) electrons. The number of aromatic nitrogens is 2. The van der Waals surface area contributed by atoms with Gasteiger partial charge in [0.2, 0.25) is 11.8 Å². The second-order valence-corrected chi connectivity index (χ2v) is 7.18. The molecule has 6 heteroatoms. The number of hydrogen-bond donors (Lipinski definition) is 1. The van der Waals surface area contributed by atoms with E-state index < -0.39 is 0 Å².